The second-order valence-electron chi connectivity index (χ2n) is 5.73. The lowest BCUT2D eigenvalue weighted by molar-refractivity contribution is 0.415. The molecule has 0 unspecified atom stereocenters. The molecule has 3 aromatic carbocycles. The molecule has 0 radical (unpaired) electrons. The Labute approximate surface area is 148 Å². The molecule has 25 heavy (non-hydrogen) atoms. The third-order valence-corrected chi connectivity index (χ3v) is 5.27. The minimum Gasteiger partial charge on any atom is -0.497 e. The Morgan fingerprint density at radius 2 is 1.44 bits per heavy atom. The van der Waals surface area contributed by atoms with Crippen molar-refractivity contribution in [3.05, 3.63) is 78.4 Å². The summed E-state index contributed by atoms with van der Waals surface area (Å²) in [6.45, 7) is 2.03. The van der Waals surface area contributed by atoms with E-state index >= 15 is 0 Å². The second-order valence-corrected chi connectivity index (χ2v) is 7.41. The van der Waals surface area contributed by atoms with Crippen molar-refractivity contribution in [2.45, 2.75) is 11.8 Å². The third-order valence-electron chi connectivity index (χ3n) is 3.87. The third kappa shape index (κ3) is 4.00. The monoisotopic (exact) mass is 353 g/mol. The zero-order chi connectivity index (χ0) is 17.9. The van der Waals surface area contributed by atoms with Crippen molar-refractivity contribution in [2.24, 2.45) is 0 Å². The number of sulfonamides is 1. The van der Waals surface area contributed by atoms with Crippen molar-refractivity contribution in [1.82, 2.24) is 0 Å². The zero-order valence-corrected chi connectivity index (χ0v) is 14.9. The number of anilines is 1. The summed E-state index contributed by atoms with van der Waals surface area (Å²) in [5, 5.41) is 0. The lowest BCUT2D eigenvalue weighted by atomic mass is 10.0. The number of methoxy groups -OCH3 is 1. The van der Waals surface area contributed by atoms with Gasteiger partial charge in [-0.3, -0.25) is 4.72 Å². The molecule has 5 heteroatoms. The molecule has 0 aromatic heterocycles. The molecule has 0 bridgehead atoms. The molecule has 0 aliphatic heterocycles. The van der Waals surface area contributed by atoms with E-state index in [9.17, 15) is 8.42 Å². The Hall–Kier alpha value is -2.79. The van der Waals surface area contributed by atoms with Crippen LogP contribution in [0.4, 0.5) is 5.69 Å². The second kappa shape index (κ2) is 6.99. The van der Waals surface area contributed by atoms with E-state index in [1.54, 1.807) is 36.4 Å². The maximum absolute atomic E-state index is 12.5. The fourth-order valence-electron chi connectivity index (χ4n) is 2.47. The van der Waals surface area contributed by atoms with Crippen molar-refractivity contribution < 1.29 is 13.2 Å². The molecule has 0 saturated heterocycles. The molecule has 0 spiro atoms. The minimum absolute atomic E-state index is 0.214. The van der Waals surface area contributed by atoms with Gasteiger partial charge in [-0.2, -0.15) is 0 Å². The summed E-state index contributed by atoms with van der Waals surface area (Å²) >= 11 is 0. The molecule has 4 nitrogen and oxygen atoms in total. The molecule has 0 saturated carbocycles. The van der Waals surface area contributed by atoms with Crippen LogP contribution < -0.4 is 9.46 Å². The van der Waals surface area contributed by atoms with Crippen LogP contribution in [-0.4, -0.2) is 15.5 Å². The smallest absolute Gasteiger partial charge is 0.261 e. The molecule has 0 atom stereocenters. The zero-order valence-electron chi connectivity index (χ0n) is 14.1. The molecule has 0 fully saturated rings. The maximum atomic E-state index is 12.5. The van der Waals surface area contributed by atoms with Crippen LogP contribution in [0, 0.1) is 6.92 Å². The Bertz CT molecular complexity index is 963. The van der Waals surface area contributed by atoms with Crippen LogP contribution in [-0.2, 0) is 10.0 Å². The Morgan fingerprint density at radius 3 is 2.04 bits per heavy atom. The SMILES string of the molecule is COc1cccc(NS(=O)(=O)c2ccc(-c3ccc(C)cc3)cc2)c1. The largest absolute Gasteiger partial charge is 0.497 e. The number of ether oxygens (including phenoxy) is 1. The summed E-state index contributed by atoms with van der Waals surface area (Å²) in [5.74, 6) is 0.593. The van der Waals surface area contributed by atoms with Gasteiger partial charge in [0.1, 0.15) is 5.75 Å². The quantitative estimate of drug-likeness (QED) is 0.736. The number of benzene rings is 3. The van der Waals surface area contributed by atoms with Gasteiger partial charge in [-0.25, -0.2) is 8.42 Å². The van der Waals surface area contributed by atoms with Gasteiger partial charge < -0.3 is 4.74 Å². The molecule has 0 aliphatic rings. The van der Waals surface area contributed by atoms with Crippen LogP contribution in [0.3, 0.4) is 0 Å². The minimum atomic E-state index is -3.65. The van der Waals surface area contributed by atoms with E-state index in [-0.39, 0.29) is 4.90 Å². The van der Waals surface area contributed by atoms with Crippen LogP contribution in [0.2, 0.25) is 0 Å². The molecule has 0 heterocycles. The van der Waals surface area contributed by atoms with Gasteiger partial charge >= 0.3 is 0 Å². The standard InChI is InChI=1S/C20H19NO3S/c1-15-6-8-16(9-7-15)17-10-12-20(13-11-17)25(22,23)21-18-4-3-5-19(14-18)24-2/h3-14,21H,1-2H3. The molecular weight excluding hydrogens is 334 g/mol. The van der Waals surface area contributed by atoms with Gasteiger partial charge in [-0.15, -0.1) is 0 Å². The van der Waals surface area contributed by atoms with Crippen molar-refractivity contribution in [3.8, 4) is 16.9 Å². The van der Waals surface area contributed by atoms with E-state index < -0.39 is 10.0 Å². The van der Waals surface area contributed by atoms with Crippen LogP contribution in [0.1, 0.15) is 5.56 Å². The van der Waals surface area contributed by atoms with Crippen molar-refractivity contribution in [1.29, 1.82) is 0 Å². The lowest BCUT2D eigenvalue weighted by Gasteiger charge is -2.10. The topological polar surface area (TPSA) is 55.4 Å². The molecule has 128 valence electrons. The van der Waals surface area contributed by atoms with Crippen LogP contribution in [0.5, 0.6) is 5.75 Å². The van der Waals surface area contributed by atoms with Gasteiger partial charge in [-0.1, -0.05) is 48.0 Å². The highest BCUT2D eigenvalue weighted by atomic mass is 32.2. The number of hydrogen-bond acceptors (Lipinski definition) is 3. The summed E-state index contributed by atoms with van der Waals surface area (Å²) in [6.07, 6.45) is 0. The van der Waals surface area contributed by atoms with Gasteiger partial charge in [0.05, 0.1) is 17.7 Å². The Kier molecular flexibility index (Phi) is 4.76. The van der Waals surface area contributed by atoms with Gasteiger partial charge in [0.25, 0.3) is 10.0 Å². The summed E-state index contributed by atoms with van der Waals surface area (Å²) in [6, 6.07) is 21.8. The number of hydrogen-bond donors (Lipinski definition) is 1. The molecular formula is C20H19NO3S. The fraction of sp³-hybridized carbons (Fsp3) is 0.100. The molecule has 1 N–H and O–H groups in total. The van der Waals surface area contributed by atoms with Crippen molar-refractivity contribution in [3.63, 3.8) is 0 Å². The van der Waals surface area contributed by atoms with E-state index in [1.807, 2.05) is 43.3 Å². The van der Waals surface area contributed by atoms with Crippen molar-refractivity contribution in [2.75, 3.05) is 11.8 Å². The molecule has 3 rings (SSSR count). The summed E-state index contributed by atoms with van der Waals surface area (Å²) in [4.78, 5) is 0.214. The number of aryl methyl sites for hydroxylation is 1. The first-order chi connectivity index (χ1) is 12.0. The fourth-order valence-corrected chi connectivity index (χ4v) is 3.52. The van der Waals surface area contributed by atoms with Crippen LogP contribution in [0.25, 0.3) is 11.1 Å². The van der Waals surface area contributed by atoms with Crippen LogP contribution >= 0.6 is 0 Å². The lowest BCUT2D eigenvalue weighted by Crippen LogP contribution is -2.12. The summed E-state index contributed by atoms with van der Waals surface area (Å²) in [7, 11) is -2.11. The van der Waals surface area contributed by atoms with E-state index in [0.29, 0.717) is 11.4 Å². The first-order valence-corrected chi connectivity index (χ1v) is 9.30. The highest BCUT2D eigenvalue weighted by Gasteiger charge is 2.14. The molecule has 0 amide bonds. The highest BCUT2D eigenvalue weighted by Crippen LogP contribution is 2.24. The Balaban J connectivity index is 1.83. The normalized spacial score (nSPS) is 11.1. The number of rotatable bonds is 5. The van der Waals surface area contributed by atoms with Gasteiger partial charge in [0.15, 0.2) is 0 Å². The van der Waals surface area contributed by atoms with E-state index in [2.05, 4.69) is 4.72 Å². The highest BCUT2D eigenvalue weighted by molar-refractivity contribution is 7.92. The predicted octanol–water partition coefficient (Wildman–Crippen LogP) is 4.47. The average molecular weight is 353 g/mol. The van der Waals surface area contributed by atoms with Gasteiger partial charge in [-0.05, 0) is 42.3 Å². The first-order valence-electron chi connectivity index (χ1n) is 7.82. The van der Waals surface area contributed by atoms with E-state index in [0.717, 1.165) is 11.1 Å². The first kappa shape index (κ1) is 17.0. The molecule has 0 aliphatic carbocycles. The van der Waals surface area contributed by atoms with E-state index in [4.69, 9.17) is 4.74 Å². The summed E-state index contributed by atoms with van der Waals surface area (Å²) in [5.41, 5.74) is 3.67. The van der Waals surface area contributed by atoms with Crippen LogP contribution in [0.15, 0.2) is 77.7 Å². The molecule has 3 aromatic rings. The van der Waals surface area contributed by atoms with Gasteiger partial charge in [0, 0.05) is 6.07 Å². The predicted molar refractivity (Wildman–Crippen MR) is 100 cm³/mol. The Morgan fingerprint density at radius 1 is 0.840 bits per heavy atom. The maximum Gasteiger partial charge on any atom is 0.261 e. The van der Waals surface area contributed by atoms with E-state index in [1.165, 1.54) is 12.7 Å². The summed E-state index contributed by atoms with van der Waals surface area (Å²) < 4.78 is 32.8. The van der Waals surface area contributed by atoms with Gasteiger partial charge in [0.2, 0.25) is 0 Å². The number of nitrogens with one attached hydrogen (secondary N) is 1. The van der Waals surface area contributed by atoms with Crippen molar-refractivity contribution >= 4 is 15.7 Å². The average Bonchev–Trinajstić information content (AvgIpc) is 2.62.